The Morgan fingerprint density at radius 1 is 0.906 bits per heavy atom. The number of nitrogens with one attached hydrogen (secondary N) is 1. The molecular formula is C27H31N3O2. The number of hydrogen-bond acceptors (Lipinski definition) is 5. The molecule has 5 rings (SSSR count). The summed E-state index contributed by atoms with van der Waals surface area (Å²) in [4.78, 5) is 4.90. The van der Waals surface area contributed by atoms with Gasteiger partial charge in [-0.15, -0.1) is 0 Å². The molecule has 32 heavy (non-hydrogen) atoms. The first kappa shape index (κ1) is 20.9. The van der Waals surface area contributed by atoms with Crippen LogP contribution in [0.15, 0.2) is 72.8 Å². The van der Waals surface area contributed by atoms with Gasteiger partial charge in [0, 0.05) is 45.0 Å². The summed E-state index contributed by atoms with van der Waals surface area (Å²) < 4.78 is 6.04. The number of nitrogens with zero attached hydrogens (tertiary/aromatic N) is 2. The van der Waals surface area contributed by atoms with Gasteiger partial charge in [0.05, 0.1) is 6.04 Å². The number of rotatable bonds is 6. The van der Waals surface area contributed by atoms with Gasteiger partial charge in [-0.25, -0.2) is 0 Å². The van der Waals surface area contributed by atoms with E-state index in [-0.39, 0.29) is 6.04 Å². The summed E-state index contributed by atoms with van der Waals surface area (Å²) in [6, 6.07) is 25.0. The lowest BCUT2D eigenvalue weighted by Gasteiger charge is -2.39. The van der Waals surface area contributed by atoms with E-state index >= 15 is 0 Å². The number of ether oxygens (including phenoxy) is 1. The number of phenolic OH excluding ortho intramolecular Hbond substituents is 1. The summed E-state index contributed by atoms with van der Waals surface area (Å²) >= 11 is 0. The van der Waals surface area contributed by atoms with Crippen molar-refractivity contribution in [1.29, 1.82) is 0 Å². The van der Waals surface area contributed by atoms with E-state index in [1.165, 1.54) is 22.4 Å². The van der Waals surface area contributed by atoms with E-state index in [4.69, 9.17) is 4.74 Å². The molecule has 0 spiro atoms. The lowest BCUT2D eigenvalue weighted by molar-refractivity contribution is 0.191. The van der Waals surface area contributed by atoms with Gasteiger partial charge in [-0.1, -0.05) is 36.4 Å². The summed E-state index contributed by atoms with van der Waals surface area (Å²) in [6.45, 7) is 6.89. The Balaban J connectivity index is 1.35. The Hall–Kier alpha value is -3.02. The molecule has 0 amide bonds. The summed E-state index contributed by atoms with van der Waals surface area (Å²) in [7, 11) is 0. The zero-order chi connectivity index (χ0) is 21.8. The quantitative estimate of drug-likeness (QED) is 0.624. The van der Waals surface area contributed by atoms with Crippen molar-refractivity contribution in [3.63, 3.8) is 0 Å². The largest absolute Gasteiger partial charge is 0.508 e. The smallest absolute Gasteiger partial charge is 0.119 e. The number of para-hydroxylation sites is 1. The topological polar surface area (TPSA) is 48.0 Å². The normalized spacial score (nSPS) is 18.9. The number of fused-ring (bicyclic) bond motifs is 1. The minimum absolute atomic E-state index is 0.108. The van der Waals surface area contributed by atoms with Crippen LogP contribution in [0.5, 0.6) is 11.5 Å². The second-order valence-corrected chi connectivity index (χ2v) is 8.57. The Morgan fingerprint density at radius 3 is 2.47 bits per heavy atom. The van der Waals surface area contributed by atoms with Crippen molar-refractivity contribution in [1.82, 2.24) is 10.2 Å². The Bertz CT molecular complexity index is 1020. The third-order valence-corrected chi connectivity index (χ3v) is 6.52. The van der Waals surface area contributed by atoms with E-state index in [9.17, 15) is 5.11 Å². The molecule has 3 aromatic carbocycles. The fraction of sp³-hybridized carbons (Fsp3) is 0.333. The van der Waals surface area contributed by atoms with Crippen LogP contribution >= 0.6 is 0 Å². The summed E-state index contributed by atoms with van der Waals surface area (Å²) in [5.41, 5.74) is 4.92. The highest BCUT2D eigenvalue weighted by Gasteiger charge is 2.29. The molecule has 2 aliphatic rings. The first-order chi connectivity index (χ1) is 15.8. The molecule has 5 heteroatoms. The fourth-order valence-corrected chi connectivity index (χ4v) is 4.84. The number of phenols is 1. The number of anilines is 1. The molecule has 0 saturated carbocycles. The average Bonchev–Trinajstić information content (AvgIpc) is 2.85. The third-order valence-electron chi connectivity index (χ3n) is 6.52. The predicted molar refractivity (Wildman–Crippen MR) is 129 cm³/mol. The van der Waals surface area contributed by atoms with Gasteiger partial charge in [-0.05, 0) is 59.5 Å². The highest BCUT2D eigenvalue weighted by molar-refractivity contribution is 5.57. The molecule has 166 valence electrons. The minimum Gasteiger partial charge on any atom is -0.508 e. The highest BCUT2D eigenvalue weighted by Crippen LogP contribution is 2.39. The van der Waals surface area contributed by atoms with Crippen molar-refractivity contribution < 1.29 is 9.84 Å². The second-order valence-electron chi connectivity index (χ2n) is 8.57. The molecule has 2 aliphatic heterocycles. The molecule has 0 radical (unpaired) electrons. The van der Waals surface area contributed by atoms with Gasteiger partial charge >= 0.3 is 0 Å². The molecule has 0 aliphatic carbocycles. The summed E-state index contributed by atoms with van der Waals surface area (Å²) in [5, 5.41) is 13.4. The molecule has 0 bridgehead atoms. The lowest BCUT2D eigenvalue weighted by Crippen LogP contribution is -2.44. The van der Waals surface area contributed by atoms with Gasteiger partial charge in [-0.2, -0.15) is 0 Å². The fourth-order valence-electron chi connectivity index (χ4n) is 4.84. The molecule has 0 aromatic heterocycles. The molecule has 1 atom stereocenters. The zero-order valence-electron chi connectivity index (χ0n) is 18.4. The monoisotopic (exact) mass is 429 g/mol. The van der Waals surface area contributed by atoms with Crippen LogP contribution in [0.25, 0.3) is 0 Å². The van der Waals surface area contributed by atoms with Crippen molar-refractivity contribution >= 4 is 5.69 Å². The van der Waals surface area contributed by atoms with Crippen LogP contribution in [0.3, 0.4) is 0 Å². The van der Waals surface area contributed by atoms with Crippen LogP contribution in [0, 0.1) is 0 Å². The molecule has 3 aromatic rings. The maximum Gasteiger partial charge on any atom is 0.119 e. The lowest BCUT2D eigenvalue weighted by atomic mass is 9.87. The number of piperazine rings is 1. The molecule has 2 heterocycles. The van der Waals surface area contributed by atoms with Crippen molar-refractivity contribution in [2.24, 2.45) is 0 Å². The van der Waals surface area contributed by atoms with E-state index in [2.05, 4.69) is 75.8 Å². The van der Waals surface area contributed by atoms with E-state index in [0.29, 0.717) is 12.4 Å². The highest BCUT2D eigenvalue weighted by atomic mass is 16.5. The summed E-state index contributed by atoms with van der Waals surface area (Å²) in [5.74, 6) is 1.25. The zero-order valence-corrected chi connectivity index (χ0v) is 18.4. The summed E-state index contributed by atoms with van der Waals surface area (Å²) in [6.07, 6.45) is 0.919. The Labute approximate surface area is 190 Å². The van der Waals surface area contributed by atoms with Crippen LogP contribution in [0.1, 0.15) is 22.7 Å². The van der Waals surface area contributed by atoms with E-state index in [1.54, 1.807) is 6.07 Å². The third kappa shape index (κ3) is 4.59. The first-order valence-electron chi connectivity index (χ1n) is 11.6. The van der Waals surface area contributed by atoms with Crippen LogP contribution in [0.2, 0.25) is 0 Å². The van der Waals surface area contributed by atoms with Crippen molar-refractivity contribution in [3.8, 4) is 11.5 Å². The molecule has 1 saturated heterocycles. The van der Waals surface area contributed by atoms with Crippen LogP contribution < -0.4 is 15.0 Å². The van der Waals surface area contributed by atoms with Crippen molar-refractivity contribution in [2.75, 3.05) is 50.8 Å². The maximum absolute atomic E-state index is 10.0. The second kappa shape index (κ2) is 9.63. The van der Waals surface area contributed by atoms with E-state index in [0.717, 1.165) is 51.4 Å². The number of aromatic hydroxyl groups is 1. The SMILES string of the molecule is Oc1ccc2c(c1)CCN(c1ccccc1)C2c1ccc(OCCN2CCNCC2)cc1. The first-order valence-corrected chi connectivity index (χ1v) is 11.6. The van der Waals surface area contributed by atoms with Crippen LogP contribution in [-0.2, 0) is 6.42 Å². The van der Waals surface area contributed by atoms with Crippen molar-refractivity contribution in [2.45, 2.75) is 12.5 Å². The van der Waals surface area contributed by atoms with Crippen LogP contribution in [0.4, 0.5) is 5.69 Å². The van der Waals surface area contributed by atoms with E-state index in [1.807, 2.05) is 6.07 Å². The molecule has 2 N–H and O–H groups in total. The van der Waals surface area contributed by atoms with Gasteiger partial charge in [0.15, 0.2) is 0 Å². The van der Waals surface area contributed by atoms with Gasteiger partial charge in [-0.3, -0.25) is 4.90 Å². The Kier molecular flexibility index (Phi) is 6.28. The molecular weight excluding hydrogens is 398 g/mol. The van der Waals surface area contributed by atoms with Gasteiger partial charge in [0.2, 0.25) is 0 Å². The molecule has 5 nitrogen and oxygen atoms in total. The number of benzene rings is 3. The predicted octanol–water partition coefficient (Wildman–Crippen LogP) is 3.83. The average molecular weight is 430 g/mol. The molecule has 1 unspecified atom stereocenters. The van der Waals surface area contributed by atoms with Gasteiger partial charge in [0.1, 0.15) is 18.1 Å². The van der Waals surface area contributed by atoms with Gasteiger partial charge in [0.25, 0.3) is 0 Å². The molecule has 1 fully saturated rings. The maximum atomic E-state index is 10.0. The Morgan fingerprint density at radius 2 is 1.69 bits per heavy atom. The van der Waals surface area contributed by atoms with Gasteiger partial charge < -0.3 is 20.1 Å². The minimum atomic E-state index is 0.108. The van der Waals surface area contributed by atoms with Crippen molar-refractivity contribution in [3.05, 3.63) is 89.5 Å². The van der Waals surface area contributed by atoms with Crippen LogP contribution in [-0.4, -0.2) is 55.9 Å². The standard InChI is InChI=1S/C27H31N3O2/c31-24-8-11-26-22(20-24)12-15-30(23-4-2-1-3-5-23)27(26)21-6-9-25(10-7-21)32-19-18-29-16-13-28-14-17-29/h1-11,20,27-28,31H,12-19H2. The van der Waals surface area contributed by atoms with E-state index < -0.39 is 0 Å². The number of hydrogen-bond donors (Lipinski definition) is 2.